The van der Waals surface area contributed by atoms with E-state index in [0.29, 0.717) is 5.92 Å². The molecule has 18 heavy (non-hydrogen) atoms. The van der Waals surface area contributed by atoms with E-state index in [1.807, 2.05) is 4.68 Å². The number of hydrogen-bond donors (Lipinski definition) is 1. The van der Waals surface area contributed by atoms with Gasteiger partial charge < -0.3 is 5.11 Å². The highest BCUT2D eigenvalue weighted by atomic mass is 16.4. The summed E-state index contributed by atoms with van der Waals surface area (Å²) in [4.78, 5) is 15.1. The van der Waals surface area contributed by atoms with Crippen molar-refractivity contribution in [2.45, 2.75) is 46.1 Å². The van der Waals surface area contributed by atoms with Crippen molar-refractivity contribution in [2.75, 3.05) is 0 Å². The molecule has 2 atom stereocenters. The van der Waals surface area contributed by atoms with Crippen molar-refractivity contribution in [3.8, 4) is 0 Å². The van der Waals surface area contributed by atoms with Crippen LogP contribution in [-0.4, -0.2) is 25.8 Å². The van der Waals surface area contributed by atoms with Gasteiger partial charge in [0, 0.05) is 6.54 Å². The molecular weight excluding hydrogens is 230 g/mol. The van der Waals surface area contributed by atoms with Gasteiger partial charge in [-0.2, -0.15) is 5.10 Å². The highest BCUT2D eigenvalue weighted by molar-refractivity contribution is 5.71. The molecule has 0 radical (unpaired) electrons. The first-order chi connectivity index (χ1) is 8.51. The Labute approximate surface area is 107 Å². The van der Waals surface area contributed by atoms with Gasteiger partial charge >= 0.3 is 5.97 Å². The Bertz CT molecular complexity index is 400. The number of aryl methyl sites for hydroxylation is 1. The summed E-state index contributed by atoms with van der Waals surface area (Å²) in [5.74, 6) is -0.324. The van der Waals surface area contributed by atoms with E-state index in [9.17, 15) is 9.90 Å². The van der Waals surface area contributed by atoms with Gasteiger partial charge in [0.1, 0.15) is 12.7 Å². The van der Waals surface area contributed by atoms with Crippen molar-refractivity contribution < 1.29 is 9.90 Å². The van der Waals surface area contributed by atoms with Crippen molar-refractivity contribution in [3.63, 3.8) is 0 Å². The van der Waals surface area contributed by atoms with Gasteiger partial charge in [0.05, 0.1) is 5.92 Å². The lowest BCUT2D eigenvalue weighted by atomic mass is 9.74. The van der Waals surface area contributed by atoms with Crippen molar-refractivity contribution in [1.82, 2.24) is 14.8 Å². The summed E-state index contributed by atoms with van der Waals surface area (Å²) in [5, 5.41) is 13.3. The lowest BCUT2D eigenvalue weighted by Crippen LogP contribution is -2.30. The summed E-state index contributed by atoms with van der Waals surface area (Å²) in [5.41, 5.74) is -0.0891. The van der Waals surface area contributed by atoms with Gasteiger partial charge in [0.15, 0.2) is 0 Å². The average Bonchev–Trinajstić information content (AvgIpc) is 2.87. The molecule has 2 rings (SSSR count). The first kappa shape index (κ1) is 13.1. The highest BCUT2D eigenvalue weighted by Gasteiger charge is 2.46. The zero-order valence-electron chi connectivity index (χ0n) is 11.0. The molecule has 1 aromatic rings. The van der Waals surface area contributed by atoms with E-state index in [1.165, 1.54) is 0 Å². The van der Waals surface area contributed by atoms with Gasteiger partial charge in [0.2, 0.25) is 0 Å². The largest absolute Gasteiger partial charge is 0.481 e. The van der Waals surface area contributed by atoms with Gasteiger partial charge in [-0.3, -0.25) is 9.48 Å². The molecule has 0 aliphatic heterocycles. The third-order valence-electron chi connectivity index (χ3n) is 4.46. The van der Waals surface area contributed by atoms with Gasteiger partial charge in [-0.05, 0) is 37.0 Å². The van der Waals surface area contributed by atoms with Crippen LogP contribution in [0.5, 0.6) is 0 Å². The summed E-state index contributed by atoms with van der Waals surface area (Å²) in [7, 11) is 0. The van der Waals surface area contributed by atoms with Crippen LogP contribution in [0.1, 0.15) is 39.5 Å². The van der Waals surface area contributed by atoms with Crippen LogP contribution in [0.2, 0.25) is 0 Å². The molecule has 1 N–H and O–H groups in total. The van der Waals surface area contributed by atoms with Crippen LogP contribution in [0.15, 0.2) is 12.7 Å². The fraction of sp³-hybridized carbons (Fsp3) is 0.769. The van der Waals surface area contributed by atoms with Crippen molar-refractivity contribution in [2.24, 2.45) is 17.3 Å². The van der Waals surface area contributed by atoms with Gasteiger partial charge in [-0.1, -0.05) is 13.8 Å². The van der Waals surface area contributed by atoms with E-state index in [-0.39, 0.29) is 11.3 Å². The van der Waals surface area contributed by atoms with E-state index in [0.717, 1.165) is 32.2 Å². The summed E-state index contributed by atoms with van der Waals surface area (Å²) in [6.45, 7) is 5.06. The van der Waals surface area contributed by atoms with Crippen LogP contribution < -0.4 is 0 Å². The van der Waals surface area contributed by atoms with Crippen LogP contribution in [0.25, 0.3) is 0 Å². The second-order valence-corrected chi connectivity index (χ2v) is 5.79. The Morgan fingerprint density at radius 1 is 1.50 bits per heavy atom. The molecule has 0 saturated heterocycles. The van der Waals surface area contributed by atoms with Crippen molar-refractivity contribution in [1.29, 1.82) is 0 Å². The third kappa shape index (κ3) is 2.54. The Kier molecular flexibility index (Phi) is 3.68. The number of aliphatic carboxylic acids is 1. The number of rotatable bonds is 5. The molecule has 0 amide bonds. The van der Waals surface area contributed by atoms with Crippen molar-refractivity contribution >= 4 is 5.97 Å². The Hall–Kier alpha value is -1.39. The quantitative estimate of drug-likeness (QED) is 0.871. The van der Waals surface area contributed by atoms with E-state index < -0.39 is 5.97 Å². The first-order valence-electron chi connectivity index (χ1n) is 6.57. The minimum Gasteiger partial charge on any atom is -0.481 e. The SMILES string of the molecule is CC1(C)[C@H](CCCn2cncn2)CC[C@@H]1C(=O)O. The molecule has 1 aliphatic carbocycles. The molecule has 0 aromatic carbocycles. The Morgan fingerprint density at radius 3 is 2.83 bits per heavy atom. The zero-order valence-corrected chi connectivity index (χ0v) is 11.0. The van der Waals surface area contributed by atoms with Gasteiger partial charge in [-0.25, -0.2) is 4.98 Å². The van der Waals surface area contributed by atoms with Crippen molar-refractivity contribution in [3.05, 3.63) is 12.7 Å². The molecular formula is C13H21N3O2. The van der Waals surface area contributed by atoms with E-state index in [1.54, 1.807) is 12.7 Å². The van der Waals surface area contributed by atoms with Gasteiger partial charge in [-0.15, -0.1) is 0 Å². The number of aromatic nitrogens is 3. The van der Waals surface area contributed by atoms with E-state index >= 15 is 0 Å². The zero-order chi connectivity index (χ0) is 13.2. The minimum absolute atomic E-state index is 0.0891. The maximum absolute atomic E-state index is 11.2. The molecule has 0 bridgehead atoms. The predicted octanol–water partition coefficient (Wildman–Crippen LogP) is 2.20. The number of nitrogens with zero attached hydrogens (tertiary/aromatic N) is 3. The number of carboxylic acids is 1. The van der Waals surface area contributed by atoms with Crippen LogP contribution in [0.3, 0.4) is 0 Å². The van der Waals surface area contributed by atoms with Crippen LogP contribution in [-0.2, 0) is 11.3 Å². The van der Waals surface area contributed by atoms with E-state index in [2.05, 4.69) is 23.9 Å². The third-order valence-corrected chi connectivity index (χ3v) is 4.46. The molecule has 0 unspecified atom stereocenters. The maximum Gasteiger partial charge on any atom is 0.307 e. The number of hydrogen-bond acceptors (Lipinski definition) is 3. The second-order valence-electron chi connectivity index (χ2n) is 5.79. The number of carboxylic acid groups (broad SMARTS) is 1. The molecule has 1 fully saturated rings. The summed E-state index contributed by atoms with van der Waals surface area (Å²) < 4.78 is 1.83. The van der Waals surface area contributed by atoms with Crippen LogP contribution >= 0.6 is 0 Å². The van der Waals surface area contributed by atoms with Crippen LogP contribution in [0.4, 0.5) is 0 Å². The molecule has 5 heteroatoms. The topological polar surface area (TPSA) is 68.0 Å². The normalized spacial score (nSPS) is 26.3. The summed E-state index contributed by atoms with van der Waals surface area (Å²) in [6, 6.07) is 0. The average molecular weight is 251 g/mol. The number of carbonyl (C=O) groups is 1. The summed E-state index contributed by atoms with van der Waals surface area (Å²) in [6.07, 6.45) is 7.21. The first-order valence-corrected chi connectivity index (χ1v) is 6.57. The Morgan fingerprint density at radius 2 is 2.28 bits per heavy atom. The monoisotopic (exact) mass is 251 g/mol. The molecule has 0 spiro atoms. The Balaban J connectivity index is 1.85. The second kappa shape index (κ2) is 5.08. The van der Waals surface area contributed by atoms with Gasteiger partial charge in [0.25, 0.3) is 0 Å². The molecule has 5 nitrogen and oxygen atoms in total. The summed E-state index contributed by atoms with van der Waals surface area (Å²) >= 11 is 0. The highest BCUT2D eigenvalue weighted by Crippen LogP contribution is 2.49. The fourth-order valence-corrected chi connectivity index (χ4v) is 3.20. The lowest BCUT2D eigenvalue weighted by molar-refractivity contribution is -0.145. The molecule has 1 aliphatic rings. The van der Waals surface area contributed by atoms with Crippen LogP contribution in [0, 0.1) is 17.3 Å². The van der Waals surface area contributed by atoms with E-state index in [4.69, 9.17) is 0 Å². The standard InChI is InChI=1S/C13H21N3O2/c1-13(2)10(5-6-11(13)12(17)18)4-3-7-16-9-14-8-15-16/h8-11H,3-7H2,1-2H3,(H,17,18)/t10-,11-/m1/s1. The predicted molar refractivity (Wildman–Crippen MR) is 66.9 cm³/mol. The fourth-order valence-electron chi connectivity index (χ4n) is 3.20. The molecule has 1 saturated carbocycles. The lowest BCUT2D eigenvalue weighted by Gasteiger charge is -2.31. The smallest absolute Gasteiger partial charge is 0.307 e. The molecule has 100 valence electrons. The maximum atomic E-state index is 11.2. The molecule has 1 heterocycles. The minimum atomic E-state index is -0.640. The molecule has 1 aromatic heterocycles.